The lowest BCUT2D eigenvalue weighted by Gasteiger charge is -2.33. The molecule has 212 valence electrons. The molecule has 1 unspecified atom stereocenters. The predicted molar refractivity (Wildman–Crippen MR) is 149 cm³/mol. The Hall–Kier alpha value is -3.21. The van der Waals surface area contributed by atoms with Crippen LogP contribution >= 0.6 is 0 Å². The summed E-state index contributed by atoms with van der Waals surface area (Å²) in [5.74, 6) is 0.453. The second kappa shape index (κ2) is 10.7. The average molecular weight is 558 g/mol. The number of hydrogen-bond acceptors (Lipinski definition) is 9. The van der Waals surface area contributed by atoms with Gasteiger partial charge in [-0.15, -0.1) is 0 Å². The van der Waals surface area contributed by atoms with Crippen LogP contribution in [0.5, 0.6) is 0 Å². The number of amides is 1. The molecular formula is C28H39N5O5S. The Morgan fingerprint density at radius 3 is 2.56 bits per heavy atom. The molecule has 2 saturated heterocycles. The Bertz CT molecular complexity index is 1340. The van der Waals surface area contributed by atoms with Gasteiger partial charge in [-0.05, 0) is 83.6 Å². The van der Waals surface area contributed by atoms with Crippen molar-refractivity contribution in [3.8, 4) is 0 Å². The van der Waals surface area contributed by atoms with Crippen LogP contribution in [0.3, 0.4) is 0 Å². The maximum absolute atomic E-state index is 13.3. The lowest BCUT2D eigenvalue weighted by Crippen LogP contribution is -2.41. The molecule has 0 bridgehead atoms. The highest BCUT2D eigenvalue weighted by Crippen LogP contribution is 2.37. The lowest BCUT2D eigenvalue weighted by molar-refractivity contribution is -0.155. The third-order valence-electron chi connectivity index (χ3n) is 7.06. The van der Waals surface area contributed by atoms with E-state index in [9.17, 15) is 18.0 Å². The van der Waals surface area contributed by atoms with E-state index in [2.05, 4.69) is 40.4 Å². The van der Waals surface area contributed by atoms with Gasteiger partial charge in [-0.2, -0.15) is 8.42 Å². The third-order valence-corrected chi connectivity index (χ3v) is 8.29. The summed E-state index contributed by atoms with van der Waals surface area (Å²) in [5.41, 5.74) is -0.554. The fourth-order valence-corrected chi connectivity index (χ4v) is 6.46. The van der Waals surface area contributed by atoms with Crippen molar-refractivity contribution in [3.63, 3.8) is 0 Å². The summed E-state index contributed by atoms with van der Waals surface area (Å²) in [6.45, 7) is 13.8. The number of carbonyl (C=O) groups excluding carboxylic acids is 2. The lowest BCUT2D eigenvalue weighted by atomic mass is 9.97. The molecule has 2 aliphatic heterocycles. The Labute approximate surface area is 231 Å². The van der Waals surface area contributed by atoms with E-state index in [1.165, 1.54) is 6.07 Å². The standard InChI is InChI=1S/C28H39N5O5S/c1-19-16-28(5,6)33(17-19)25-21(9-8-13-29-25)26(35)31-39(36,37)23-11-7-10-22(30-23)32-14-12-20(18-32)15-24(34)38-27(2,3)4/h7-11,13,19-20H,12,14-18H2,1-6H3,(H,31,35)/t19?,20-/m0/s1. The van der Waals surface area contributed by atoms with Gasteiger partial charge in [0.15, 0.2) is 5.03 Å². The topological polar surface area (TPSA) is 122 Å². The second-order valence-electron chi connectivity index (χ2n) is 12.3. The number of hydrogen-bond donors (Lipinski definition) is 1. The average Bonchev–Trinajstić information content (AvgIpc) is 3.40. The maximum atomic E-state index is 13.3. The molecule has 0 spiro atoms. The molecule has 1 amide bonds. The van der Waals surface area contributed by atoms with Crippen LogP contribution < -0.4 is 14.5 Å². The minimum atomic E-state index is -4.25. The van der Waals surface area contributed by atoms with Gasteiger partial charge in [0.1, 0.15) is 17.2 Å². The van der Waals surface area contributed by atoms with Crippen molar-refractivity contribution in [3.05, 3.63) is 42.1 Å². The summed E-state index contributed by atoms with van der Waals surface area (Å²) in [4.78, 5) is 38.3. The molecule has 10 nitrogen and oxygen atoms in total. The van der Waals surface area contributed by atoms with Crippen LogP contribution in [0.25, 0.3) is 0 Å². The molecule has 2 aromatic rings. The Morgan fingerprint density at radius 1 is 1.15 bits per heavy atom. The number of aromatic nitrogens is 2. The van der Waals surface area contributed by atoms with E-state index in [1.54, 1.807) is 30.5 Å². The molecule has 11 heteroatoms. The van der Waals surface area contributed by atoms with E-state index in [0.29, 0.717) is 37.1 Å². The van der Waals surface area contributed by atoms with E-state index in [0.717, 1.165) is 19.4 Å². The van der Waals surface area contributed by atoms with E-state index < -0.39 is 21.5 Å². The van der Waals surface area contributed by atoms with Gasteiger partial charge < -0.3 is 14.5 Å². The molecule has 0 aromatic carbocycles. The molecule has 4 rings (SSSR count). The van der Waals surface area contributed by atoms with Gasteiger partial charge in [-0.3, -0.25) is 9.59 Å². The highest BCUT2D eigenvalue weighted by Gasteiger charge is 2.39. The Morgan fingerprint density at radius 2 is 1.90 bits per heavy atom. The first-order valence-corrected chi connectivity index (χ1v) is 14.9. The van der Waals surface area contributed by atoms with E-state index in [-0.39, 0.29) is 28.0 Å². The van der Waals surface area contributed by atoms with Gasteiger partial charge in [0.05, 0.1) is 12.0 Å². The zero-order valence-electron chi connectivity index (χ0n) is 23.6. The van der Waals surface area contributed by atoms with Gasteiger partial charge in [-0.25, -0.2) is 14.7 Å². The summed E-state index contributed by atoms with van der Waals surface area (Å²) in [7, 11) is -4.25. The van der Waals surface area contributed by atoms with Crippen molar-refractivity contribution in [1.29, 1.82) is 0 Å². The first-order chi connectivity index (χ1) is 18.1. The van der Waals surface area contributed by atoms with Crippen LogP contribution in [0.1, 0.15) is 71.2 Å². The van der Waals surface area contributed by atoms with Gasteiger partial charge >= 0.3 is 5.97 Å². The first-order valence-electron chi connectivity index (χ1n) is 13.4. The molecule has 0 aliphatic carbocycles. The van der Waals surface area contributed by atoms with Crippen LogP contribution in [0, 0.1) is 11.8 Å². The molecule has 1 N–H and O–H groups in total. The maximum Gasteiger partial charge on any atom is 0.306 e. The van der Waals surface area contributed by atoms with E-state index >= 15 is 0 Å². The summed E-state index contributed by atoms with van der Waals surface area (Å²) >= 11 is 0. The molecule has 2 atom stereocenters. The molecule has 2 aromatic heterocycles. The number of ether oxygens (including phenoxy) is 1. The first kappa shape index (κ1) is 28.8. The zero-order chi connectivity index (χ0) is 28.6. The quantitative estimate of drug-likeness (QED) is 0.507. The summed E-state index contributed by atoms with van der Waals surface area (Å²) in [5, 5.41) is -0.246. The minimum Gasteiger partial charge on any atom is -0.460 e. The highest BCUT2D eigenvalue weighted by molar-refractivity contribution is 7.90. The number of esters is 1. The van der Waals surface area contributed by atoms with E-state index in [4.69, 9.17) is 4.74 Å². The molecule has 0 saturated carbocycles. The zero-order valence-corrected chi connectivity index (χ0v) is 24.4. The van der Waals surface area contributed by atoms with Crippen molar-refractivity contribution >= 4 is 33.5 Å². The van der Waals surface area contributed by atoms with Crippen molar-refractivity contribution in [1.82, 2.24) is 14.7 Å². The van der Waals surface area contributed by atoms with Crippen LogP contribution in [0.2, 0.25) is 0 Å². The highest BCUT2D eigenvalue weighted by atomic mass is 32.2. The number of carbonyl (C=O) groups is 2. The fourth-order valence-electron chi connectivity index (χ4n) is 5.53. The second-order valence-corrected chi connectivity index (χ2v) is 13.9. The SMILES string of the molecule is CC1CN(c2ncccc2C(=O)NS(=O)(=O)c2cccc(N3CC[C@@H](CC(=O)OC(C)(C)C)C3)n2)C(C)(C)C1. The van der Waals surface area contributed by atoms with Gasteiger partial charge in [0, 0.05) is 31.4 Å². The number of anilines is 2. The molecule has 2 fully saturated rings. The Kier molecular flexibility index (Phi) is 7.93. The fraction of sp³-hybridized carbons (Fsp3) is 0.571. The van der Waals surface area contributed by atoms with E-state index in [1.807, 2.05) is 25.7 Å². The number of sulfonamides is 1. The smallest absolute Gasteiger partial charge is 0.306 e. The molecular weight excluding hydrogens is 518 g/mol. The summed E-state index contributed by atoms with van der Waals surface area (Å²) in [6.07, 6.45) is 3.61. The number of rotatable bonds is 7. The number of nitrogens with zero attached hydrogens (tertiary/aromatic N) is 4. The number of nitrogens with one attached hydrogen (secondary N) is 1. The van der Waals surface area contributed by atoms with Crippen LogP contribution in [0.15, 0.2) is 41.6 Å². The van der Waals surface area contributed by atoms with Crippen molar-refractivity contribution in [2.75, 3.05) is 29.4 Å². The van der Waals surface area contributed by atoms with Crippen LogP contribution in [-0.2, 0) is 19.6 Å². The van der Waals surface area contributed by atoms with Crippen molar-refractivity contribution < 1.29 is 22.7 Å². The largest absolute Gasteiger partial charge is 0.460 e. The van der Waals surface area contributed by atoms with Crippen LogP contribution in [-0.4, -0.2) is 61.0 Å². The predicted octanol–water partition coefficient (Wildman–Crippen LogP) is 3.78. The minimum absolute atomic E-state index is 0.0863. The molecule has 4 heterocycles. The van der Waals surface area contributed by atoms with Crippen LogP contribution in [0.4, 0.5) is 11.6 Å². The van der Waals surface area contributed by atoms with Gasteiger partial charge in [-0.1, -0.05) is 13.0 Å². The Balaban J connectivity index is 1.47. The van der Waals surface area contributed by atoms with Gasteiger partial charge in [0.2, 0.25) is 0 Å². The van der Waals surface area contributed by atoms with Crippen molar-refractivity contribution in [2.45, 2.75) is 77.0 Å². The van der Waals surface area contributed by atoms with Crippen molar-refractivity contribution in [2.24, 2.45) is 11.8 Å². The summed E-state index contributed by atoms with van der Waals surface area (Å²) < 4.78 is 34.1. The molecule has 2 aliphatic rings. The number of pyridine rings is 2. The monoisotopic (exact) mass is 557 g/mol. The van der Waals surface area contributed by atoms with Gasteiger partial charge in [0.25, 0.3) is 15.9 Å². The normalized spacial score (nSPS) is 21.2. The molecule has 0 radical (unpaired) electrons. The third kappa shape index (κ3) is 6.87. The molecule has 39 heavy (non-hydrogen) atoms. The summed E-state index contributed by atoms with van der Waals surface area (Å²) in [6, 6.07) is 7.91.